The minimum Gasteiger partial charge on any atom is -0.664 e. The van der Waals surface area contributed by atoms with Crippen LogP contribution in [0.2, 0.25) is 0 Å². The minimum absolute atomic E-state index is 0.0813. The van der Waals surface area contributed by atoms with Crippen LogP contribution in [0, 0.1) is 5.92 Å². The molecule has 0 radical (unpaired) electrons. The largest absolute Gasteiger partial charge is 0.664 e. The SMILES string of the molecule is CNCc1cc(CCC(=O)CC(=O)C2C(C[N-]c3ccc[nH]3)=Cc3[n-]ccc3C2CCCCc2cccc(O)c2)cc(OC)c1O. The predicted molar refractivity (Wildman–Crippen MR) is 179 cm³/mol. The van der Waals surface area contributed by atoms with Crippen LogP contribution in [0.25, 0.3) is 11.4 Å². The highest BCUT2D eigenvalue weighted by atomic mass is 16.5. The van der Waals surface area contributed by atoms with Crippen LogP contribution in [0.1, 0.15) is 66.0 Å². The number of carbonyl (C=O) groups excluding carboxylic acids is 2. The van der Waals surface area contributed by atoms with Gasteiger partial charge in [0.1, 0.15) is 17.3 Å². The molecule has 0 aliphatic heterocycles. The van der Waals surface area contributed by atoms with Gasteiger partial charge in [-0.05, 0) is 74.5 Å². The van der Waals surface area contributed by atoms with Crippen LogP contribution in [-0.4, -0.2) is 47.5 Å². The number of unbranched alkanes of at least 4 members (excludes halogenated alkanes) is 1. The molecule has 5 rings (SSSR count). The Hall–Kier alpha value is -4.76. The molecule has 9 heteroatoms. The molecule has 1 aliphatic rings. The molecule has 0 bridgehead atoms. The van der Waals surface area contributed by atoms with Crippen molar-refractivity contribution in [3.63, 3.8) is 0 Å². The van der Waals surface area contributed by atoms with Gasteiger partial charge in [0.2, 0.25) is 0 Å². The standard InChI is InChI=1S/C37H42N4O5/c1-38-22-27-17-25(19-34(46-2)37(27)45)12-13-29(43)21-33(44)36-26(23-41-35-11-6-15-40-35)20-32-30(14-16-39-32)31(36)10-4-3-7-24-8-5-9-28(42)18-24/h5-6,8-9,11,14-20,31,36,38,40,42,45H,3-4,7,10,12-13,21-23H2,1-2H3/q-2. The summed E-state index contributed by atoms with van der Waals surface area (Å²) >= 11 is 0. The Morgan fingerprint density at radius 2 is 1.91 bits per heavy atom. The number of ketones is 2. The number of phenolic OH excluding ortho intramolecular Hbond substituents is 2. The molecule has 0 saturated heterocycles. The summed E-state index contributed by atoms with van der Waals surface area (Å²) in [5, 5.41) is 28.0. The summed E-state index contributed by atoms with van der Waals surface area (Å²) in [6.45, 7) is 0.791. The number of benzene rings is 2. The van der Waals surface area contributed by atoms with Gasteiger partial charge in [0.25, 0.3) is 0 Å². The van der Waals surface area contributed by atoms with Crippen LogP contribution in [0.5, 0.6) is 17.2 Å². The van der Waals surface area contributed by atoms with Crippen LogP contribution in [-0.2, 0) is 29.0 Å². The van der Waals surface area contributed by atoms with Crippen LogP contribution < -0.4 is 15.0 Å². The van der Waals surface area contributed by atoms with Gasteiger partial charge in [0.05, 0.1) is 13.5 Å². The highest BCUT2D eigenvalue weighted by molar-refractivity contribution is 6.02. The molecule has 2 heterocycles. The molecule has 0 saturated carbocycles. The second-order valence-electron chi connectivity index (χ2n) is 11.9. The predicted octanol–water partition coefficient (Wildman–Crippen LogP) is 6.49. The first-order chi connectivity index (χ1) is 22.4. The third-order valence-corrected chi connectivity index (χ3v) is 8.65. The molecule has 0 spiro atoms. The first-order valence-electron chi connectivity index (χ1n) is 15.8. The van der Waals surface area contributed by atoms with Crippen LogP contribution in [0.4, 0.5) is 5.82 Å². The second kappa shape index (κ2) is 15.5. The van der Waals surface area contributed by atoms with E-state index in [0.29, 0.717) is 30.8 Å². The Bertz CT molecular complexity index is 1660. The van der Waals surface area contributed by atoms with Gasteiger partial charge >= 0.3 is 0 Å². The van der Waals surface area contributed by atoms with E-state index in [-0.39, 0.29) is 41.8 Å². The van der Waals surface area contributed by atoms with Crippen LogP contribution in [0.3, 0.4) is 0 Å². The number of carbonyl (C=O) groups is 2. The number of methoxy groups -OCH3 is 1. The molecule has 2 aromatic carbocycles. The summed E-state index contributed by atoms with van der Waals surface area (Å²) in [5.41, 5.74) is 5.41. The maximum Gasteiger partial charge on any atom is 0.162 e. The zero-order valence-corrected chi connectivity index (χ0v) is 26.5. The fraction of sp³-hybridized carbons (Fsp3) is 0.351. The number of aromatic hydroxyl groups is 2. The summed E-state index contributed by atoms with van der Waals surface area (Å²) in [7, 11) is 3.30. The lowest BCUT2D eigenvalue weighted by molar-refractivity contribution is -0.129. The molecule has 4 N–H and O–H groups in total. The number of H-pyrrole nitrogens is 1. The van der Waals surface area contributed by atoms with E-state index in [2.05, 4.69) is 15.3 Å². The summed E-state index contributed by atoms with van der Waals surface area (Å²) in [5.74, 6) is 0.634. The normalized spacial score (nSPS) is 15.7. The summed E-state index contributed by atoms with van der Waals surface area (Å²) in [6.07, 6.45) is 9.43. The number of aromatic nitrogens is 2. The fourth-order valence-electron chi connectivity index (χ4n) is 6.42. The lowest BCUT2D eigenvalue weighted by atomic mass is 9.71. The highest BCUT2D eigenvalue weighted by Gasteiger charge is 2.35. The molecule has 2 atom stereocenters. The number of aromatic amines is 1. The molecular formula is C37H42N4O5-2. The van der Waals surface area contributed by atoms with Gasteiger partial charge in [0.15, 0.2) is 11.5 Å². The molecule has 46 heavy (non-hydrogen) atoms. The quantitative estimate of drug-likeness (QED) is 0.0780. The number of Topliss-reactive ketones (excluding diaryl/α,β-unsaturated/α-hetero) is 2. The number of hydrogen-bond donors (Lipinski definition) is 4. The van der Waals surface area contributed by atoms with E-state index >= 15 is 0 Å². The van der Waals surface area contributed by atoms with Gasteiger partial charge in [-0.3, -0.25) is 9.59 Å². The van der Waals surface area contributed by atoms with Crippen molar-refractivity contribution in [3.8, 4) is 17.2 Å². The maximum atomic E-state index is 14.1. The third kappa shape index (κ3) is 8.09. The van der Waals surface area contributed by atoms with Crippen molar-refractivity contribution in [2.24, 2.45) is 5.92 Å². The molecule has 9 nitrogen and oxygen atoms in total. The zero-order valence-electron chi connectivity index (χ0n) is 26.5. The number of rotatable bonds is 17. The number of ether oxygens (including phenoxy) is 1. The number of hydrogen-bond acceptors (Lipinski definition) is 6. The van der Waals surface area contributed by atoms with E-state index < -0.39 is 5.92 Å². The molecular weight excluding hydrogens is 580 g/mol. The van der Waals surface area contributed by atoms with Crippen molar-refractivity contribution in [1.82, 2.24) is 15.3 Å². The number of aryl methyl sites for hydroxylation is 2. The first kappa shape index (κ1) is 32.6. The minimum atomic E-state index is -0.476. The van der Waals surface area contributed by atoms with Crippen molar-refractivity contribution in [3.05, 3.63) is 106 Å². The molecule has 2 unspecified atom stereocenters. The highest BCUT2D eigenvalue weighted by Crippen LogP contribution is 2.43. The van der Waals surface area contributed by atoms with Gasteiger partial charge in [0, 0.05) is 24.4 Å². The number of nitrogens with zero attached hydrogens (tertiary/aromatic N) is 2. The Labute approximate surface area is 270 Å². The Morgan fingerprint density at radius 3 is 2.67 bits per heavy atom. The third-order valence-electron chi connectivity index (χ3n) is 8.65. The maximum absolute atomic E-state index is 14.1. The topological polar surface area (TPSA) is 140 Å². The van der Waals surface area contributed by atoms with E-state index in [4.69, 9.17) is 10.1 Å². The first-order valence-corrected chi connectivity index (χ1v) is 15.8. The Balaban J connectivity index is 1.30. The van der Waals surface area contributed by atoms with Gasteiger partial charge < -0.3 is 35.6 Å². The lowest BCUT2D eigenvalue weighted by Crippen LogP contribution is -2.30. The van der Waals surface area contributed by atoms with Crippen molar-refractivity contribution in [2.45, 2.75) is 57.4 Å². The smallest absolute Gasteiger partial charge is 0.162 e. The average molecular weight is 623 g/mol. The van der Waals surface area contributed by atoms with Crippen molar-refractivity contribution in [1.29, 1.82) is 0 Å². The molecule has 2 aromatic heterocycles. The number of fused-ring (bicyclic) bond motifs is 1. The Morgan fingerprint density at radius 1 is 1.04 bits per heavy atom. The van der Waals surface area contributed by atoms with E-state index in [0.717, 1.165) is 59.5 Å². The van der Waals surface area contributed by atoms with Crippen LogP contribution >= 0.6 is 0 Å². The number of phenols is 2. The van der Waals surface area contributed by atoms with E-state index in [1.807, 2.05) is 48.7 Å². The monoisotopic (exact) mass is 622 g/mol. The average Bonchev–Trinajstić information content (AvgIpc) is 3.74. The van der Waals surface area contributed by atoms with Gasteiger partial charge in [-0.1, -0.05) is 72.0 Å². The van der Waals surface area contributed by atoms with Crippen molar-refractivity contribution < 1.29 is 24.5 Å². The molecule has 0 amide bonds. The zero-order chi connectivity index (χ0) is 32.5. The molecule has 4 aromatic rings. The molecule has 242 valence electrons. The van der Waals surface area contributed by atoms with Gasteiger partial charge in [-0.15, -0.1) is 5.69 Å². The van der Waals surface area contributed by atoms with Crippen LogP contribution in [0.15, 0.2) is 72.6 Å². The lowest BCUT2D eigenvalue weighted by Gasteiger charge is -2.36. The van der Waals surface area contributed by atoms with Crippen molar-refractivity contribution >= 4 is 23.5 Å². The van der Waals surface area contributed by atoms with E-state index in [1.165, 1.54) is 7.11 Å². The summed E-state index contributed by atoms with van der Waals surface area (Å²) in [6, 6.07) is 16.7. The van der Waals surface area contributed by atoms with E-state index in [1.54, 1.807) is 31.4 Å². The van der Waals surface area contributed by atoms with Gasteiger partial charge in [-0.25, -0.2) is 0 Å². The Kier molecular flexibility index (Phi) is 11.0. The van der Waals surface area contributed by atoms with Crippen molar-refractivity contribution in [2.75, 3.05) is 20.7 Å². The second-order valence-corrected chi connectivity index (χ2v) is 11.9. The summed E-state index contributed by atoms with van der Waals surface area (Å²) < 4.78 is 5.34. The number of nitrogens with one attached hydrogen (secondary N) is 2. The van der Waals surface area contributed by atoms with Gasteiger partial charge in [-0.2, -0.15) is 6.20 Å². The molecule has 0 fully saturated rings. The fourth-order valence-corrected chi connectivity index (χ4v) is 6.42. The van der Waals surface area contributed by atoms with E-state index in [9.17, 15) is 19.8 Å². The molecule has 1 aliphatic carbocycles. The summed E-state index contributed by atoms with van der Waals surface area (Å²) in [4.78, 5) is 35.1.